The molecule has 0 saturated carbocycles. The summed E-state index contributed by atoms with van der Waals surface area (Å²) in [7, 11) is 1.66. The van der Waals surface area contributed by atoms with E-state index in [1.807, 2.05) is 42.5 Å². The van der Waals surface area contributed by atoms with Gasteiger partial charge in [0.1, 0.15) is 11.6 Å². The highest BCUT2D eigenvalue weighted by Gasteiger charge is 2.25. The van der Waals surface area contributed by atoms with E-state index in [1.165, 1.54) is 31.0 Å². The van der Waals surface area contributed by atoms with Crippen LogP contribution in [0.25, 0.3) is 16.6 Å². The maximum atomic E-state index is 12.5. The van der Waals surface area contributed by atoms with E-state index in [4.69, 9.17) is 4.74 Å². The van der Waals surface area contributed by atoms with Gasteiger partial charge in [0, 0.05) is 5.69 Å². The molecule has 1 aliphatic rings. The summed E-state index contributed by atoms with van der Waals surface area (Å²) in [4.78, 5) is 22.5. The zero-order chi connectivity index (χ0) is 23.5. The number of aromatic amines is 1. The van der Waals surface area contributed by atoms with Crippen molar-refractivity contribution in [2.75, 3.05) is 20.2 Å². The first-order valence-corrected chi connectivity index (χ1v) is 12.6. The van der Waals surface area contributed by atoms with E-state index in [2.05, 4.69) is 36.6 Å². The van der Waals surface area contributed by atoms with Crippen LogP contribution in [0.3, 0.4) is 0 Å². The second kappa shape index (κ2) is 9.99. The third kappa shape index (κ3) is 4.58. The molecule has 0 unspecified atom stereocenters. The van der Waals surface area contributed by atoms with Gasteiger partial charge in [-0.15, -0.1) is 10.2 Å². The summed E-state index contributed by atoms with van der Waals surface area (Å²) in [5.41, 5.74) is 1.54. The van der Waals surface area contributed by atoms with Crippen LogP contribution in [0.4, 0.5) is 0 Å². The molecule has 2 aromatic heterocycles. The smallest absolute Gasteiger partial charge is 0.258 e. The number of rotatable bonds is 7. The van der Waals surface area contributed by atoms with Crippen LogP contribution in [-0.2, 0) is 5.75 Å². The molecule has 1 N–H and O–H groups in total. The summed E-state index contributed by atoms with van der Waals surface area (Å²) in [6, 6.07) is 15.5. The molecular formula is C25H28N6O2S. The number of fused-ring (bicyclic) bond motifs is 1. The lowest BCUT2D eigenvalue weighted by molar-refractivity contribution is 0.167. The summed E-state index contributed by atoms with van der Waals surface area (Å²) in [6.45, 7) is 4.34. The highest BCUT2D eigenvalue weighted by atomic mass is 32.2. The predicted octanol–water partition coefficient (Wildman–Crippen LogP) is 4.35. The van der Waals surface area contributed by atoms with Crippen LogP contribution < -0.4 is 10.3 Å². The number of nitrogens with one attached hydrogen (secondary N) is 1. The molecule has 1 aliphatic heterocycles. The minimum atomic E-state index is -0.128. The highest BCUT2D eigenvalue weighted by Crippen LogP contribution is 2.31. The zero-order valence-electron chi connectivity index (χ0n) is 19.4. The summed E-state index contributed by atoms with van der Waals surface area (Å²) in [5, 5.41) is 10.5. The molecule has 3 heterocycles. The van der Waals surface area contributed by atoms with Gasteiger partial charge in [-0.25, -0.2) is 4.98 Å². The molecule has 0 aliphatic carbocycles. The second-order valence-corrected chi connectivity index (χ2v) is 9.41. The van der Waals surface area contributed by atoms with Crippen molar-refractivity contribution >= 4 is 22.7 Å². The van der Waals surface area contributed by atoms with E-state index in [0.29, 0.717) is 22.5 Å². The van der Waals surface area contributed by atoms with Crippen molar-refractivity contribution in [3.05, 3.63) is 70.5 Å². The quantitative estimate of drug-likeness (QED) is 0.397. The number of para-hydroxylation sites is 1. The number of hydrogen-bond acceptors (Lipinski definition) is 7. The van der Waals surface area contributed by atoms with Crippen LogP contribution in [0.2, 0.25) is 0 Å². The number of H-pyrrole nitrogens is 1. The van der Waals surface area contributed by atoms with E-state index < -0.39 is 0 Å². The van der Waals surface area contributed by atoms with Gasteiger partial charge < -0.3 is 9.72 Å². The van der Waals surface area contributed by atoms with Gasteiger partial charge in [0.05, 0.1) is 29.8 Å². The molecule has 2 aromatic carbocycles. The molecule has 1 fully saturated rings. The lowest BCUT2D eigenvalue weighted by atomic mass is 10.1. The van der Waals surface area contributed by atoms with E-state index in [1.54, 1.807) is 13.2 Å². The lowest BCUT2D eigenvalue weighted by Gasteiger charge is -2.31. The monoisotopic (exact) mass is 476 g/mol. The molecule has 0 radical (unpaired) electrons. The summed E-state index contributed by atoms with van der Waals surface area (Å²) in [5.74, 6) is 2.81. The first kappa shape index (κ1) is 22.6. The van der Waals surface area contributed by atoms with Gasteiger partial charge in [0.25, 0.3) is 5.56 Å². The molecule has 0 bridgehead atoms. The highest BCUT2D eigenvalue weighted by molar-refractivity contribution is 7.98. The second-order valence-electron chi connectivity index (χ2n) is 8.47. The fourth-order valence-electron chi connectivity index (χ4n) is 4.42. The Balaban J connectivity index is 1.47. The van der Waals surface area contributed by atoms with Gasteiger partial charge in [-0.3, -0.25) is 14.3 Å². The van der Waals surface area contributed by atoms with Crippen LogP contribution in [0.1, 0.15) is 43.9 Å². The van der Waals surface area contributed by atoms with Crippen molar-refractivity contribution in [3.8, 4) is 11.4 Å². The van der Waals surface area contributed by atoms with Gasteiger partial charge in [-0.2, -0.15) is 0 Å². The summed E-state index contributed by atoms with van der Waals surface area (Å²) in [6.07, 6.45) is 3.71. The Morgan fingerprint density at radius 2 is 1.82 bits per heavy atom. The molecule has 8 nitrogen and oxygen atoms in total. The number of aromatic nitrogens is 5. The van der Waals surface area contributed by atoms with Crippen molar-refractivity contribution in [1.82, 2.24) is 29.6 Å². The Labute approximate surface area is 202 Å². The minimum absolute atomic E-state index is 0.128. The van der Waals surface area contributed by atoms with Crippen LogP contribution in [0, 0.1) is 0 Å². The molecule has 34 heavy (non-hydrogen) atoms. The van der Waals surface area contributed by atoms with E-state index in [0.717, 1.165) is 35.5 Å². The number of methoxy groups -OCH3 is 1. The standard InChI is InChI=1S/C25H28N6O2S/c1-17(30-14-6-3-7-15-30)23-28-29-25(31(23)18-10-12-19(33-2)13-11-18)34-16-22-26-21-9-5-4-8-20(21)24(32)27-22/h4-5,8-13,17H,3,6-7,14-16H2,1-2H3,(H,26,27,32)/t17-/m1/s1. The van der Waals surface area contributed by atoms with E-state index in [9.17, 15) is 4.79 Å². The van der Waals surface area contributed by atoms with E-state index >= 15 is 0 Å². The topological polar surface area (TPSA) is 88.9 Å². The van der Waals surface area contributed by atoms with Gasteiger partial charge in [-0.05, 0) is 69.3 Å². The van der Waals surface area contributed by atoms with Crippen LogP contribution in [-0.4, -0.2) is 49.8 Å². The number of nitrogens with zero attached hydrogens (tertiary/aromatic N) is 5. The van der Waals surface area contributed by atoms with Gasteiger partial charge in [-0.1, -0.05) is 30.3 Å². The van der Waals surface area contributed by atoms with Crippen molar-refractivity contribution in [1.29, 1.82) is 0 Å². The minimum Gasteiger partial charge on any atom is -0.497 e. The fraction of sp³-hybridized carbons (Fsp3) is 0.360. The third-order valence-corrected chi connectivity index (χ3v) is 7.24. The molecule has 1 saturated heterocycles. The van der Waals surface area contributed by atoms with Crippen LogP contribution in [0.5, 0.6) is 5.75 Å². The number of ether oxygens (including phenoxy) is 1. The Morgan fingerprint density at radius 3 is 2.59 bits per heavy atom. The van der Waals surface area contributed by atoms with Crippen LogP contribution >= 0.6 is 11.8 Å². The summed E-state index contributed by atoms with van der Waals surface area (Å²) < 4.78 is 7.46. The SMILES string of the molecule is COc1ccc(-n2c(SCc3nc4ccccc4c(=O)[nH]3)nnc2[C@@H](C)N2CCCCC2)cc1. The molecular weight excluding hydrogens is 448 g/mol. The molecule has 0 spiro atoms. The predicted molar refractivity (Wildman–Crippen MR) is 134 cm³/mol. The average molecular weight is 477 g/mol. The first-order valence-electron chi connectivity index (χ1n) is 11.6. The number of thioether (sulfide) groups is 1. The van der Waals surface area contributed by atoms with Crippen molar-refractivity contribution in [2.24, 2.45) is 0 Å². The maximum absolute atomic E-state index is 12.5. The largest absolute Gasteiger partial charge is 0.497 e. The Morgan fingerprint density at radius 1 is 1.06 bits per heavy atom. The lowest BCUT2D eigenvalue weighted by Crippen LogP contribution is -2.33. The molecule has 0 amide bonds. The number of likely N-dealkylation sites (tertiary alicyclic amines) is 1. The molecule has 9 heteroatoms. The number of hydrogen-bond donors (Lipinski definition) is 1. The Hall–Kier alpha value is -3.17. The normalized spacial score (nSPS) is 15.5. The molecule has 5 rings (SSSR count). The number of benzene rings is 2. The zero-order valence-corrected chi connectivity index (χ0v) is 20.2. The van der Waals surface area contributed by atoms with Gasteiger partial charge in [0.15, 0.2) is 11.0 Å². The molecule has 1 atom stereocenters. The summed E-state index contributed by atoms with van der Waals surface area (Å²) >= 11 is 1.51. The Bertz CT molecular complexity index is 1330. The van der Waals surface area contributed by atoms with Crippen molar-refractivity contribution in [3.63, 3.8) is 0 Å². The van der Waals surface area contributed by atoms with E-state index in [-0.39, 0.29) is 11.6 Å². The number of piperidine rings is 1. The van der Waals surface area contributed by atoms with Gasteiger partial charge >= 0.3 is 0 Å². The maximum Gasteiger partial charge on any atom is 0.258 e. The van der Waals surface area contributed by atoms with Crippen molar-refractivity contribution in [2.45, 2.75) is 43.1 Å². The molecule has 176 valence electrons. The first-order chi connectivity index (χ1) is 16.6. The van der Waals surface area contributed by atoms with Gasteiger partial charge in [0.2, 0.25) is 0 Å². The fourth-order valence-corrected chi connectivity index (χ4v) is 5.25. The van der Waals surface area contributed by atoms with Crippen LogP contribution in [0.15, 0.2) is 58.5 Å². The Kier molecular flexibility index (Phi) is 6.64. The third-order valence-electron chi connectivity index (χ3n) is 6.30. The average Bonchev–Trinajstić information content (AvgIpc) is 3.31. The molecule has 4 aromatic rings. The van der Waals surface area contributed by atoms with Crippen molar-refractivity contribution < 1.29 is 4.74 Å².